The van der Waals surface area contributed by atoms with E-state index < -0.39 is 0 Å². The van der Waals surface area contributed by atoms with E-state index in [0.29, 0.717) is 0 Å². The van der Waals surface area contributed by atoms with Crippen molar-refractivity contribution in [2.45, 2.75) is 6.42 Å². The molecule has 82 valence electrons. The fourth-order valence-electron chi connectivity index (χ4n) is 1.47. The molecule has 1 fully saturated rings. The maximum atomic E-state index is 10.9. The van der Waals surface area contributed by atoms with Crippen molar-refractivity contribution < 1.29 is 4.79 Å². The molecule has 0 aliphatic carbocycles. The Morgan fingerprint density at radius 3 is 2.07 bits per heavy atom. The fourth-order valence-corrected chi connectivity index (χ4v) is 1.47. The van der Waals surface area contributed by atoms with Gasteiger partial charge in [-0.15, -0.1) is 0 Å². The van der Waals surface area contributed by atoms with Gasteiger partial charge in [-0.1, -0.05) is 36.4 Å². The summed E-state index contributed by atoms with van der Waals surface area (Å²) in [6, 6.07) is 12.0. The quantitative estimate of drug-likeness (QED) is 0.720. The Morgan fingerprint density at radius 2 is 1.73 bits per heavy atom. The first-order chi connectivity index (χ1) is 7.34. The van der Waals surface area contributed by atoms with E-state index in [0.717, 1.165) is 19.5 Å². The standard InChI is InChI=1S/C6H12N2O.C6H6/c1-7-6(9)5-2-3-8-4-5;1-2-4-6-5-3-1/h5,8H,2-4H2,1H3,(H,7,9);1-6H. The summed E-state index contributed by atoms with van der Waals surface area (Å²) in [6.07, 6.45) is 0.986. The fraction of sp³-hybridized carbons (Fsp3) is 0.417. The Morgan fingerprint density at radius 1 is 1.20 bits per heavy atom. The van der Waals surface area contributed by atoms with Gasteiger partial charge in [-0.3, -0.25) is 4.79 Å². The third-order valence-corrected chi connectivity index (χ3v) is 2.34. The van der Waals surface area contributed by atoms with Gasteiger partial charge in [0.25, 0.3) is 0 Å². The van der Waals surface area contributed by atoms with Crippen LogP contribution in [0.4, 0.5) is 0 Å². The molecule has 2 N–H and O–H groups in total. The van der Waals surface area contributed by atoms with Crippen molar-refractivity contribution in [3.8, 4) is 0 Å². The van der Waals surface area contributed by atoms with E-state index in [1.165, 1.54) is 0 Å². The molecule has 0 aromatic heterocycles. The first-order valence-corrected chi connectivity index (χ1v) is 5.27. The van der Waals surface area contributed by atoms with Crippen molar-refractivity contribution in [2.75, 3.05) is 20.1 Å². The summed E-state index contributed by atoms with van der Waals surface area (Å²) in [7, 11) is 1.68. The van der Waals surface area contributed by atoms with Gasteiger partial charge in [-0.05, 0) is 13.0 Å². The van der Waals surface area contributed by atoms with Gasteiger partial charge in [0.05, 0.1) is 5.92 Å². The molecule has 15 heavy (non-hydrogen) atoms. The van der Waals surface area contributed by atoms with Gasteiger partial charge < -0.3 is 10.6 Å². The van der Waals surface area contributed by atoms with Crippen LogP contribution in [0.15, 0.2) is 36.4 Å². The molecule has 3 nitrogen and oxygen atoms in total. The highest BCUT2D eigenvalue weighted by Gasteiger charge is 2.20. The van der Waals surface area contributed by atoms with Crippen LogP contribution < -0.4 is 10.6 Å². The zero-order valence-corrected chi connectivity index (χ0v) is 9.07. The molecular formula is C12H18N2O. The molecule has 0 spiro atoms. The number of nitrogens with one attached hydrogen (secondary N) is 2. The highest BCUT2D eigenvalue weighted by Crippen LogP contribution is 2.05. The lowest BCUT2D eigenvalue weighted by Crippen LogP contribution is -2.28. The first-order valence-electron chi connectivity index (χ1n) is 5.27. The zero-order valence-electron chi connectivity index (χ0n) is 9.07. The molecule has 1 amide bonds. The second-order valence-corrected chi connectivity index (χ2v) is 3.46. The highest BCUT2D eigenvalue weighted by molar-refractivity contribution is 5.78. The first kappa shape index (κ1) is 11.7. The van der Waals surface area contributed by atoms with E-state index in [1.807, 2.05) is 36.4 Å². The lowest BCUT2D eigenvalue weighted by molar-refractivity contribution is -0.123. The summed E-state index contributed by atoms with van der Waals surface area (Å²) >= 11 is 0. The normalized spacial score (nSPS) is 18.9. The Bertz CT molecular complexity index is 242. The molecule has 1 aliphatic rings. The van der Waals surface area contributed by atoms with E-state index in [1.54, 1.807) is 7.05 Å². The topological polar surface area (TPSA) is 41.1 Å². The van der Waals surface area contributed by atoms with Gasteiger partial charge in [-0.25, -0.2) is 0 Å². The van der Waals surface area contributed by atoms with Crippen LogP contribution in [0.5, 0.6) is 0 Å². The molecule has 1 heterocycles. The van der Waals surface area contributed by atoms with Crippen molar-refractivity contribution in [3.05, 3.63) is 36.4 Å². The maximum Gasteiger partial charge on any atom is 0.224 e. The molecule has 3 heteroatoms. The van der Waals surface area contributed by atoms with E-state index in [9.17, 15) is 4.79 Å². The maximum absolute atomic E-state index is 10.9. The summed E-state index contributed by atoms with van der Waals surface area (Å²) in [5.74, 6) is 0.384. The minimum atomic E-state index is 0.167. The van der Waals surface area contributed by atoms with Crippen LogP contribution >= 0.6 is 0 Å². The number of carbonyl (C=O) groups is 1. The van der Waals surface area contributed by atoms with Crippen LogP contribution in [-0.4, -0.2) is 26.0 Å². The number of benzene rings is 1. The molecule has 0 radical (unpaired) electrons. The minimum absolute atomic E-state index is 0.167. The van der Waals surface area contributed by atoms with Gasteiger partial charge in [0.15, 0.2) is 0 Å². The average Bonchev–Trinajstić information content (AvgIpc) is 2.85. The van der Waals surface area contributed by atoms with Crippen LogP contribution in [-0.2, 0) is 4.79 Å². The Kier molecular flexibility index (Phi) is 5.48. The van der Waals surface area contributed by atoms with Gasteiger partial charge in [0.1, 0.15) is 0 Å². The van der Waals surface area contributed by atoms with Gasteiger partial charge in [0, 0.05) is 13.6 Å². The van der Waals surface area contributed by atoms with Crippen LogP contribution in [0, 0.1) is 5.92 Å². The van der Waals surface area contributed by atoms with Crippen molar-refractivity contribution in [1.29, 1.82) is 0 Å². The summed E-state index contributed by atoms with van der Waals surface area (Å²) in [6.45, 7) is 1.83. The van der Waals surface area contributed by atoms with Crippen LogP contribution in [0.2, 0.25) is 0 Å². The number of hydrogen-bond acceptors (Lipinski definition) is 2. The van der Waals surface area contributed by atoms with Crippen molar-refractivity contribution in [3.63, 3.8) is 0 Å². The van der Waals surface area contributed by atoms with Gasteiger partial charge in [-0.2, -0.15) is 0 Å². The van der Waals surface area contributed by atoms with Crippen molar-refractivity contribution >= 4 is 5.91 Å². The third-order valence-electron chi connectivity index (χ3n) is 2.34. The SMILES string of the molecule is CNC(=O)C1CCNC1.c1ccccc1. The van der Waals surface area contributed by atoms with Crippen molar-refractivity contribution in [1.82, 2.24) is 10.6 Å². The van der Waals surface area contributed by atoms with E-state index in [4.69, 9.17) is 0 Å². The van der Waals surface area contributed by atoms with Crippen LogP contribution in [0.25, 0.3) is 0 Å². The average molecular weight is 206 g/mol. The summed E-state index contributed by atoms with van der Waals surface area (Å²) < 4.78 is 0. The second kappa shape index (κ2) is 7.01. The number of rotatable bonds is 1. The summed E-state index contributed by atoms with van der Waals surface area (Å²) in [5.41, 5.74) is 0. The minimum Gasteiger partial charge on any atom is -0.359 e. The molecule has 1 atom stereocenters. The molecule has 0 bridgehead atoms. The monoisotopic (exact) mass is 206 g/mol. The predicted molar refractivity (Wildman–Crippen MR) is 61.5 cm³/mol. The Hall–Kier alpha value is -1.35. The molecule has 2 rings (SSSR count). The van der Waals surface area contributed by atoms with Crippen LogP contribution in [0.3, 0.4) is 0 Å². The Balaban J connectivity index is 0.000000162. The number of carbonyl (C=O) groups excluding carboxylic acids is 1. The summed E-state index contributed by atoms with van der Waals surface area (Å²) in [4.78, 5) is 10.9. The second-order valence-electron chi connectivity index (χ2n) is 3.46. The molecule has 0 saturated carbocycles. The Labute approximate surface area is 90.9 Å². The molecule has 1 aliphatic heterocycles. The lowest BCUT2D eigenvalue weighted by atomic mass is 10.1. The van der Waals surface area contributed by atoms with Crippen LogP contribution in [0.1, 0.15) is 6.42 Å². The van der Waals surface area contributed by atoms with Gasteiger partial charge >= 0.3 is 0 Å². The van der Waals surface area contributed by atoms with E-state index in [-0.39, 0.29) is 11.8 Å². The summed E-state index contributed by atoms with van der Waals surface area (Å²) in [5, 5.41) is 5.75. The number of amides is 1. The largest absolute Gasteiger partial charge is 0.359 e. The van der Waals surface area contributed by atoms with E-state index in [2.05, 4.69) is 10.6 Å². The highest BCUT2D eigenvalue weighted by atomic mass is 16.1. The lowest BCUT2D eigenvalue weighted by Gasteiger charge is -2.03. The van der Waals surface area contributed by atoms with Gasteiger partial charge in [0.2, 0.25) is 5.91 Å². The zero-order chi connectivity index (χ0) is 10.9. The smallest absolute Gasteiger partial charge is 0.224 e. The van der Waals surface area contributed by atoms with Crippen molar-refractivity contribution in [2.24, 2.45) is 5.92 Å². The third kappa shape index (κ3) is 4.61. The number of hydrogen-bond donors (Lipinski definition) is 2. The predicted octanol–water partition coefficient (Wildman–Crippen LogP) is 1.03. The molecule has 1 aromatic carbocycles. The van der Waals surface area contributed by atoms with E-state index >= 15 is 0 Å². The molecule has 1 unspecified atom stereocenters. The molecular weight excluding hydrogens is 188 g/mol. The molecule has 1 aromatic rings. The molecule has 1 saturated heterocycles.